The molecule has 2 rings (SSSR count). The fourth-order valence-corrected chi connectivity index (χ4v) is 2.23. The lowest BCUT2D eigenvalue weighted by atomic mass is 10.1. The number of carbonyl (C=O) groups excluding carboxylic acids is 1. The third kappa shape index (κ3) is 2.48. The predicted molar refractivity (Wildman–Crippen MR) is 64.2 cm³/mol. The summed E-state index contributed by atoms with van der Waals surface area (Å²) < 4.78 is 10.5. The van der Waals surface area contributed by atoms with Gasteiger partial charge in [-0.25, -0.2) is 0 Å². The van der Waals surface area contributed by atoms with Gasteiger partial charge in [0.15, 0.2) is 0 Å². The molecule has 2 heterocycles. The summed E-state index contributed by atoms with van der Waals surface area (Å²) in [4.78, 5) is 14.1. The highest BCUT2D eigenvalue weighted by molar-refractivity contribution is 6.32. The lowest BCUT2D eigenvalue weighted by Crippen LogP contribution is -2.51. The molecule has 0 saturated carbocycles. The minimum atomic E-state index is -0.0780. The molecular formula is C12H16ClNO3. The second kappa shape index (κ2) is 5.10. The fraction of sp³-hybridized carbons (Fsp3) is 0.583. The molecule has 0 bridgehead atoms. The Balaban J connectivity index is 2.19. The molecule has 1 aromatic heterocycles. The van der Waals surface area contributed by atoms with E-state index in [1.165, 1.54) is 6.26 Å². The summed E-state index contributed by atoms with van der Waals surface area (Å²) in [5, 5.41) is 0.156. The van der Waals surface area contributed by atoms with Crippen molar-refractivity contribution < 1.29 is 13.9 Å². The van der Waals surface area contributed by atoms with Gasteiger partial charge in [0, 0.05) is 6.54 Å². The summed E-state index contributed by atoms with van der Waals surface area (Å²) >= 11 is 5.84. The molecule has 0 aliphatic carbocycles. The topological polar surface area (TPSA) is 42.7 Å². The Morgan fingerprint density at radius 2 is 2.41 bits per heavy atom. The Bertz CT molecular complexity index is 404. The van der Waals surface area contributed by atoms with Gasteiger partial charge in [0.25, 0.3) is 5.91 Å². The van der Waals surface area contributed by atoms with Gasteiger partial charge in [0.1, 0.15) is 0 Å². The highest BCUT2D eigenvalue weighted by atomic mass is 35.5. The second-order valence-electron chi connectivity index (χ2n) is 4.27. The molecular weight excluding hydrogens is 242 g/mol. The van der Waals surface area contributed by atoms with Crippen LogP contribution in [0.5, 0.6) is 0 Å². The average molecular weight is 258 g/mol. The first-order valence-electron chi connectivity index (χ1n) is 5.79. The van der Waals surface area contributed by atoms with Crippen LogP contribution in [0.3, 0.4) is 0 Å². The first kappa shape index (κ1) is 12.5. The van der Waals surface area contributed by atoms with Crippen LogP contribution in [-0.4, -0.2) is 36.1 Å². The van der Waals surface area contributed by atoms with E-state index in [-0.39, 0.29) is 23.3 Å². The van der Waals surface area contributed by atoms with Gasteiger partial charge in [-0.15, -0.1) is 0 Å². The molecule has 0 N–H and O–H groups in total. The third-order valence-corrected chi connectivity index (χ3v) is 3.34. The van der Waals surface area contributed by atoms with Crippen molar-refractivity contribution in [1.29, 1.82) is 0 Å². The summed E-state index contributed by atoms with van der Waals surface area (Å²) in [5.41, 5.74) is 0.430. The van der Waals surface area contributed by atoms with Gasteiger partial charge in [-0.1, -0.05) is 6.92 Å². The van der Waals surface area contributed by atoms with Crippen LogP contribution in [0, 0.1) is 0 Å². The first-order chi connectivity index (χ1) is 8.13. The summed E-state index contributed by atoms with van der Waals surface area (Å²) in [6, 6.07) is 1.72. The molecule has 1 aliphatic rings. The molecule has 0 aromatic carbocycles. The van der Waals surface area contributed by atoms with Crippen molar-refractivity contribution >= 4 is 17.5 Å². The molecule has 1 aliphatic heterocycles. The number of halogens is 1. The maximum Gasteiger partial charge on any atom is 0.259 e. The van der Waals surface area contributed by atoms with Crippen LogP contribution in [0.4, 0.5) is 0 Å². The molecule has 2 atom stereocenters. The van der Waals surface area contributed by atoms with Gasteiger partial charge < -0.3 is 14.1 Å². The number of morpholine rings is 1. The molecule has 1 saturated heterocycles. The summed E-state index contributed by atoms with van der Waals surface area (Å²) in [6.07, 6.45) is 2.36. The van der Waals surface area contributed by atoms with Gasteiger partial charge in [0.05, 0.1) is 30.6 Å². The lowest BCUT2D eigenvalue weighted by molar-refractivity contribution is -0.0444. The Hall–Kier alpha value is -1.00. The highest BCUT2D eigenvalue weighted by Gasteiger charge is 2.31. The minimum Gasteiger partial charge on any atom is -0.452 e. The normalized spacial score (nSPS) is 25.0. The molecule has 4 nitrogen and oxygen atoms in total. The van der Waals surface area contributed by atoms with Crippen molar-refractivity contribution in [3.05, 3.63) is 23.1 Å². The summed E-state index contributed by atoms with van der Waals surface area (Å²) in [5.74, 6) is -0.0780. The zero-order chi connectivity index (χ0) is 12.4. The van der Waals surface area contributed by atoms with Crippen molar-refractivity contribution in [2.24, 2.45) is 0 Å². The van der Waals surface area contributed by atoms with E-state index in [0.29, 0.717) is 18.7 Å². The molecule has 94 valence electrons. The van der Waals surface area contributed by atoms with E-state index in [0.717, 1.165) is 6.42 Å². The molecule has 1 aromatic rings. The molecule has 1 amide bonds. The van der Waals surface area contributed by atoms with Crippen molar-refractivity contribution in [3.8, 4) is 0 Å². The SMILES string of the molecule is CCC1COC(C)CN1C(=O)c1ccoc1Cl. The van der Waals surface area contributed by atoms with E-state index < -0.39 is 0 Å². The van der Waals surface area contributed by atoms with Crippen LogP contribution in [0.25, 0.3) is 0 Å². The van der Waals surface area contributed by atoms with Gasteiger partial charge in [-0.05, 0) is 31.0 Å². The molecule has 17 heavy (non-hydrogen) atoms. The number of furan rings is 1. The Morgan fingerprint density at radius 3 is 3.00 bits per heavy atom. The summed E-state index contributed by atoms with van der Waals surface area (Å²) in [7, 11) is 0. The van der Waals surface area contributed by atoms with Crippen LogP contribution in [0.2, 0.25) is 5.22 Å². The standard InChI is InChI=1S/C12H16ClNO3/c1-3-9-7-17-8(2)6-14(9)12(15)10-4-5-16-11(10)13/h4-5,8-9H,3,6-7H2,1-2H3. The van der Waals surface area contributed by atoms with Crippen molar-refractivity contribution in [2.75, 3.05) is 13.2 Å². The molecule has 5 heteroatoms. The number of nitrogens with zero attached hydrogens (tertiary/aromatic N) is 1. The maximum absolute atomic E-state index is 12.3. The van der Waals surface area contributed by atoms with Gasteiger partial charge in [-0.2, -0.15) is 0 Å². The number of hydrogen-bond acceptors (Lipinski definition) is 3. The smallest absolute Gasteiger partial charge is 0.259 e. The van der Waals surface area contributed by atoms with Crippen LogP contribution in [-0.2, 0) is 4.74 Å². The van der Waals surface area contributed by atoms with Crippen LogP contribution in [0.1, 0.15) is 30.6 Å². The molecule has 1 fully saturated rings. The molecule has 0 radical (unpaired) electrons. The fourth-order valence-electron chi connectivity index (χ4n) is 2.03. The number of rotatable bonds is 2. The Morgan fingerprint density at radius 1 is 1.65 bits per heavy atom. The molecule has 2 unspecified atom stereocenters. The summed E-state index contributed by atoms with van der Waals surface area (Å²) in [6.45, 7) is 5.18. The van der Waals surface area contributed by atoms with Gasteiger partial charge in [-0.3, -0.25) is 4.79 Å². The third-order valence-electron chi connectivity index (χ3n) is 3.05. The lowest BCUT2D eigenvalue weighted by Gasteiger charge is -2.38. The number of ether oxygens (including phenoxy) is 1. The van der Waals surface area contributed by atoms with E-state index in [1.807, 2.05) is 18.7 Å². The van der Waals surface area contributed by atoms with E-state index >= 15 is 0 Å². The highest BCUT2D eigenvalue weighted by Crippen LogP contribution is 2.23. The van der Waals surface area contributed by atoms with Gasteiger partial charge >= 0.3 is 0 Å². The number of hydrogen-bond donors (Lipinski definition) is 0. The largest absolute Gasteiger partial charge is 0.452 e. The zero-order valence-electron chi connectivity index (χ0n) is 9.98. The van der Waals surface area contributed by atoms with E-state index in [1.54, 1.807) is 6.07 Å². The minimum absolute atomic E-state index is 0.0624. The molecule has 0 spiro atoms. The zero-order valence-corrected chi connectivity index (χ0v) is 10.7. The average Bonchev–Trinajstić information content (AvgIpc) is 2.74. The first-order valence-corrected chi connectivity index (χ1v) is 6.16. The Kier molecular flexibility index (Phi) is 3.74. The maximum atomic E-state index is 12.3. The number of carbonyl (C=O) groups is 1. The van der Waals surface area contributed by atoms with Crippen molar-refractivity contribution in [1.82, 2.24) is 4.90 Å². The second-order valence-corrected chi connectivity index (χ2v) is 4.61. The van der Waals surface area contributed by atoms with E-state index in [2.05, 4.69) is 0 Å². The number of amides is 1. The van der Waals surface area contributed by atoms with Crippen molar-refractivity contribution in [3.63, 3.8) is 0 Å². The van der Waals surface area contributed by atoms with Gasteiger partial charge in [0.2, 0.25) is 5.22 Å². The monoisotopic (exact) mass is 257 g/mol. The quantitative estimate of drug-likeness (QED) is 0.818. The van der Waals surface area contributed by atoms with Crippen molar-refractivity contribution in [2.45, 2.75) is 32.4 Å². The van der Waals surface area contributed by atoms with Crippen LogP contribution < -0.4 is 0 Å². The Labute approximate surface area is 105 Å². The van der Waals surface area contributed by atoms with E-state index in [4.69, 9.17) is 20.8 Å². The van der Waals surface area contributed by atoms with Crippen LogP contribution >= 0.6 is 11.6 Å². The van der Waals surface area contributed by atoms with Crippen LogP contribution in [0.15, 0.2) is 16.7 Å². The van der Waals surface area contributed by atoms with E-state index in [9.17, 15) is 4.79 Å². The predicted octanol–water partition coefficient (Wildman–Crippen LogP) is 2.57.